The summed E-state index contributed by atoms with van der Waals surface area (Å²) in [6.07, 6.45) is 6.33. The van der Waals surface area contributed by atoms with Gasteiger partial charge < -0.3 is 4.57 Å². The van der Waals surface area contributed by atoms with Crippen molar-refractivity contribution in [3.05, 3.63) is 36.5 Å². The quantitative estimate of drug-likeness (QED) is 0.746. The second-order valence-electron chi connectivity index (χ2n) is 4.66. The highest BCUT2D eigenvalue weighted by atomic mass is 15.2. The van der Waals surface area contributed by atoms with Gasteiger partial charge in [0.05, 0.1) is 6.67 Å². The first-order valence-corrected chi connectivity index (χ1v) is 6.20. The van der Waals surface area contributed by atoms with Crippen LogP contribution in [-0.2, 0) is 6.67 Å². The Bertz CT molecular complexity index is 466. The van der Waals surface area contributed by atoms with Crippen molar-refractivity contribution >= 4 is 10.9 Å². The molecule has 0 unspecified atom stereocenters. The topological polar surface area (TPSA) is 8.17 Å². The van der Waals surface area contributed by atoms with Crippen LogP contribution in [0.3, 0.4) is 0 Å². The summed E-state index contributed by atoms with van der Waals surface area (Å²) in [7, 11) is 0. The minimum Gasteiger partial charge on any atom is -0.334 e. The molecular weight excluding hydrogens is 196 g/mol. The van der Waals surface area contributed by atoms with Gasteiger partial charge in [-0.3, -0.25) is 4.90 Å². The van der Waals surface area contributed by atoms with Gasteiger partial charge in [0, 0.05) is 11.7 Å². The number of aromatic nitrogens is 1. The Kier molecular flexibility index (Phi) is 2.66. The fourth-order valence-corrected chi connectivity index (χ4v) is 2.58. The standard InChI is InChI=1S/C14H18N2/c1-4-9-15(10-5-1)12-16-11-8-13-6-2-3-7-14(13)16/h2-3,6-8,11H,1,4-5,9-10,12H2. The number of hydrogen-bond acceptors (Lipinski definition) is 1. The van der Waals surface area contributed by atoms with Gasteiger partial charge in [0.15, 0.2) is 0 Å². The van der Waals surface area contributed by atoms with Crippen molar-refractivity contribution in [1.82, 2.24) is 9.47 Å². The number of nitrogens with zero attached hydrogens (tertiary/aromatic N) is 2. The zero-order valence-corrected chi connectivity index (χ0v) is 9.60. The van der Waals surface area contributed by atoms with Crippen LogP contribution in [0.25, 0.3) is 10.9 Å². The number of rotatable bonds is 2. The molecule has 84 valence electrons. The van der Waals surface area contributed by atoms with E-state index in [2.05, 4.69) is 46.0 Å². The third-order valence-electron chi connectivity index (χ3n) is 3.48. The molecule has 0 radical (unpaired) electrons. The van der Waals surface area contributed by atoms with Crippen molar-refractivity contribution in [1.29, 1.82) is 0 Å². The zero-order valence-electron chi connectivity index (χ0n) is 9.60. The van der Waals surface area contributed by atoms with Gasteiger partial charge in [-0.05, 0) is 43.5 Å². The van der Waals surface area contributed by atoms with E-state index < -0.39 is 0 Å². The molecule has 1 aromatic heterocycles. The van der Waals surface area contributed by atoms with Crippen molar-refractivity contribution in [2.75, 3.05) is 13.1 Å². The predicted octanol–water partition coefficient (Wildman–Crippen LogP) is 3.08. The third-order valence-corrected chi connectivity index (χ3v) is 3.48. The smallest absolute Gasteiger partial charge is 0.0751 e. The number of fused-ring (bicyclic) bond motifs is 1. The summed E-state index contributed by atoms with van der Waals surface area (Å²) in [6, 6.07) is 10.8. The molecule has 2 heterocycles. The number of hydrogen-bond donors (Lipinski definition) is 0. The molecule has 3 rings (SSSR count). The molecule has 2 nitrogen and oxygen atoms in total. The first kappa shape index (κ1) is 9.91. The van der Waals surface area contributed by atoms with E-state index in [1.54, 1.807) is 0 Å². The Morgan fingerprint density at radius 1 is 0.938 bits per heavy atom. The summed E-state index contributed by atoms with van der Waals surface area (Å²) in [5.74, 6) is 0. The van der Waals surface area contributed by atoms with Crippen molar-refractivity contribution in [2.24, 2.45) is 0 Å². The first-order chi connectivity index (χ1) is 7.93. The fourth-order valence-electron chi connectivity index (χ4n) is 2.58. The van der Waals surface area contributed by atoms with Crippen molar-refractivity contribution < 1.29 is 0 Å². The van der Waals surface area contributed by atoms with Gasteiger partial charge in [0.25, 0.3) is 0 Å². The Labute approximate surface area is 96.5 Å². The molecule has 1 aromatic carbocycles. The van der Waals surface area contributed by atoms with Crippen molar-refractivity contribution in [3.63, 3.8) is 0 Å². The Hall–Kier alpha value is -1.28. The van der Waals surface area contributed by atoms with E-state index in [1.165, 1.54) is 43.3 Å². The van der Waals surface area contributed by atoms with E-state index in [9.17, 15) is 0 Å². The van der Waals surface area contributed by atoms with E-state index in [-0.39, 0.29) is 0 Å². The summed E-state index contributed by atoms with van der Waals surface area (Å²) in [5, 5.41) is 1.35. The molecule has 0 spiro atoms. The fraction of sp³-hybridized carbons (Fsp3) is 0.429. The van der Waals surface area contributed by atoms with Crippen LogP contribution in [0.2, 0.25) is 0 Å². The summed E-state index contributed by atoms with van der Waals surface area (Å²) >= 11 is 0. The van der Waals surface area contributed by atoms with Gasteiger partial charge in [-0.25, -0.2) is 0 Å². The van der Waals surface area contributed by atoms with Crippen LogP contribution in [0.4, 0.5) is 0 Å². The zero-order chi connectivity index (χ0) is 10.8. The van der Waals surface area contributed by atoms with Gasteiger partial charge in [0.2, 0.25) is 0 Å². The van der Waals surface area contributed by atoms with Crippen molar-refractivity contribution in [2.45, 2.75) is 25.9 Å². The molecule has 0 bridgehead atoms. The molecule has 0 atom stereocenters. The summed E-state index contributed by atoms with van der Waals surface area (Å²) in [6.45, 7) is 3.56. The van der Waals surface area contributed by atoms with Gasteiger partial charge >= 0.3 is 0 Å². The summed E-state index contributed by atoms with van der Waals surface area (Å²) in [4.78, 5) is 2.55. The van der Waals surface area contributed by atoms with E-state index in [0.717, 1.165) is 6.67 Å². The van der Waals surface area contributed by atoms with Crippen LogP contribution in [-0.4, -0.2) is 22.6 Å². The Morgan fingerprint density at radius 3 is 2.62 bits per heavy atom. The lowest BCUT2D eigenvalue weighted by Gasteiger charge is -2.27. The maximum absolute atomic E-state index is 2.55. The van der Waals surface area contributed by atoms with Crippen LogP contribution >= 0.6 is 0 Å². The van der Waals surface area contributed by atoms with Crippen molar-refractivity contribution in [3.8, 4) is 0 Å². The summed E-state index contributed by atoms with van der Waals surface area (Å²) in [5.41, 5.74) is 1.35. The first-order valence-electron chi connectivity index (χ1n) is 6.20. The van der Waals surface area contributed by atoms with Gasteiger partial charge in [-0.2, -0.15) is 0 Å². The molecule has 0 saturated carbocycles. The van der Waals surface area contributed by atoms with Crippen LogP contribution in [0.5, 0.6) is 0 Å². The molecule has 0 N–H and O–H groups in total. The summed E-state index contributed by atoms with van der Waals surface area (Å²) < 4.78 is 2.36. The minimum absolute atomic E-state index is 1.05. The highest BCUT2D eigenvalue weighted by Crippen LogP contribution is 2.17. The lowest BCUT2D eigenvalue weighted by atomic mass is 10.1. The lowest BCUT2D eigenvalue weighted by Crippen LogP contribution is -2.31. The molecule has 1 fully saturated rings. The van der Waals surface area contributed by atoms with Gasteiger partial charge in [-0.1, -0.05) is 24.6 Å². The van der Waals surface area contributed by atoms with Gasteiger partial charge in [-0.15, -0.1) is 0 Å². The Balaban J connectivity index is 1.83. The molecule has 1 saturated heterocycles. The molecule has 0 amide bonds. The minimum atomic E-state index is 1.05. The number of benzene rings is 1. The highest BCUT2D eigenvalue weighted by molar-refractivity contribution is 5.79. The van der Waals surface area contributed by atoms with Crippen LogP contribution in [0, 0.1) is 0 Å². The number of likely N-dealkylation sites (tertiary alicyclic amines) is 1. The molecule has 2 heteroatoms. The molecular formula is C14H18N2. The molecule has 0 aliphatic carbocycles. The monoisotopic (exact) mass is 214 g/mol. The normalized spacial score (nSPS) is 18.0. The predicted molar refractivity (Wildman–Crippen MR) is 67.4 cm³/mol. The van der Waals surface area contributed by atoms with Crippen LogP contribution < -0.4 is 0 Å². The third kappa shape index (κ3) is 1.85. The molecule has 16 heavy (non-hydrogen) atoms. The number of para-hydroxylation sites is 1. The largest absolute Gasteiger partial charge is 0.334 e. The van der Waals surface area contributed by atoms with E-state index in [4.69, 9.17) is 0 Å². The van der Waals surface area contributed by atoms with Gasteiger partial charge in [0.1, 0.15) is 0 Å². The molecule has 1 aliphatic heterocycles. The lowest BCUT2D eigenvalue weighted by molar-refractivity contribution is 0.185. The SMILES string of the molecule is c1ccc2c(c1)ccn2CN1CCCCC1. The van der Waals surface area contributed by atoms with E-state index in [1.807, 2.05) is 0 Å². The molecule has 1 aliphatic rings. The van der Waals surface area contributed by atoms with E-state index in [0.29, 0.717) is 0 Å². The maximum Gasteiger partial charge on any atom is 0.0751 e. The van der Waals surface area contributed by atoms with Crippen LogP contribution in [0.1, 0.15) is 19.3 Å². The second-order valence-corrected chi connectivity index (χ2v) is 4.66. The number of piperidine rings is 1. The average molecular weight is 214 g/mol. The molecule has 2 aromatic rings. The van der Waals surface area contributed by atoms with E-state index >= 15 is 0 Å². The highest BCUT2D eigenvalue weighted by Gasteiger charge is 2.10. The average Bonchev–Trinajstić information content (AvgIpc) is 2.74. The Morgan fingerprint density at radius 2 is 1.75 bits per heavy atom. The van der Waals surface area contributed by atoms with Crippen LogP contribution in [0.15, 0.2) is 36.5 Å². The maximum atomic E-state index is 2.55. The second kappa shape index (κ2) is 4.30.